The number of aliphatic hydroxyl groups excluding tert-OH is 1. The Morgan fingerprint density at radius 3 is 2.73 bits per heavy atom. The summed E-state index contributed by atoms with van der Waals surface area (Å²) in [5, 5.41) is 17.4. The first kappa shape index (κ1) is 22.6. The lowest BCUT2D eigenvalue weighted by Gasteiger charge is -2.18. The van der Waals surface area contributed by atoms with Crippen molar-refractivity contribution in [2.75, 3.05) is 11.9 Å². The van der Waals surface area contributed by atoms with Crippen LogP contribution in [-0.2, 0) is 6.54 Å². The minimum absolute atomic E-state index is 0.0246. The Bertz CT molecular complexity index is 1350. The van der Waals surface area contributed by atoms with Crippen molar-refractivity contribution in [3.05, 3.63) is 87.3 Å². The van der Waals surface area contributed by atoms with Crippen molar-refractivity contribution in [2.24, 2.45) is 0 Å². The van der Waals surface area contributed by atoms with E-state index in [-0.39, 0.29) is 17.2 Å². The zero-order valence-corrected chi connectivity index (χ0v) is 18.8. The number of aromatic nitrogens is 5. The van der Waals surface area contributed by atoms with Crippen LogP contribution >= 0.6 is 11.6 Å². The monoisotopic (exact) mass is 468 g/mol. The number of hydrogen-bond acceptors (Lipinski definition) is 6. The molecular formula is C23H22ClFN6O2. The van der Waals surface area contributed by atoms with E-state index < -0.39 is 11.9 Å². The second-order valence-electron chi connectivity index (χ2n) is 7.41. The summed E-state index contributed by atoms with van der Waals surface area (Å²) in [6.07, 6.45) is 3.15. The topological polar surface area (TPSA) is 97.9 Å². The quantitative estimate of drug-likeness (QED) is 0.426. The molecule has 170 valence electrons. The Morgan fingerprint density at radius 2 is 2.03 bits per heavy atom. The molecule has 0 unspecified atom stereocenters. The fourth-order valence-electron chi connectivity index (χ4n) is 3.56. The van der Waals surface area contributed by atoms with E-state index in [4.69, 9.17) is 11.6 Å². The van der Waals surface area contributed by atoms with Crippen LogP contribution in [0.15, 0.2) is 59.7 Å². The number of aliphatic hydroxyl groups is 1. The Labute approximate surface area is 194 Å². The van der Waals surface area contributed by atoms with Crippen molar-refractivity contribution in [1.82, 2.24) is 24.3 Å². The summed E-state index contributed by atoms with van der Waals surface area (Å²) in [4.78, 5) is 21.6. The first-order chi connectivity index (χ1) is 15.9. The third-order valence-corrected chi connectivity index (χ3v) is 5.48. The average molecular weight is 469 g/mol. The molecule has 10 heteroatoms. The van der Waals surface area contributed by atoms with Gasteiger partial charge in [0.05, 0.1) is 29.1 Å². The summed E-state index contributed by atoms with van der Waals surface area (Å²) < 4.78 is 17.0. The van der Waals surface area contributed by atoms with Crippen LogP contribution in [0.5, 0.6) is 0 Å². The summed E-state index contributed by atoms with van der Waals surface area (Å²) in [6.45, 7) is 4.20. The predicted octanol–water partition coefficient (Wildman–Crippen LogP) is 3.95. The third kappa shape index (κ3) is 4.79. The van der Waals surface area contributed by atoms with Crippen LogP contribution in [-0.4, -0.2) is 36.0 Å². The SMILES string of the molecule is CCn1nc(C)cc1Nc1nccc(-c2ccn([C@H](CO)c3ccc(Cl)c(F)c3)c(=O)c2)n1. The lowest BCUT2D eigenvalue weighted by atomic mass is 10.1. The van der Waals surface area contributed by atoms with Gasteiger partial charge in [-0.05, 0) is 43.7 Å². The fourth-order valence-corrected chi connectivity index (χ4v) is 3.68. The van der Waals surface area contributed by atoms with E-state index >= 15 is 0 Å². The highest BCUT2D eigenvalue weighted by Crippen LogP contribution is 2.24. The van der Waals surface area contributed by atoms with Gasteiger partial charge in [-0.25, -0.2) is 19.0 Å². The van der Waals surface area contributed by atoms with Crippen LogP contribution in [0, 0.1) is 12.7 Å². The van der Waals surface area contributed by atoms with E-state index in [1.807, 2.05) is 19.9 Å². The average Bonchev–Trinajstić information content (AvgIpc) is 3.16. The summed E-state index contributed by atoms with van der Waals surface area (Å²) >= 11 is 5.75. The van der Waals surface area contributed by atoms with Gasteiger partial charge < -0.3 is 15.0 Å². The molecule has 4 rings (SSSR count). The first-order valence-corrected chi connectivity index (χ1v) is 10.7. The maximum absolute atomic E-state index is 13.9. The molecule has 0 aliphatic heterocycles. The van der Waals surface area contributed by atoms with Crippen molar-refractivity contribution < 1.29 is 9.50 Å². The van der Waals surface area contributed by atoms with Crippen LogP contribution in [0.4, 0.5) is 16.2 Å². The summed E-state index contributed by atoms with van der Waals surface area (Å²) in [5.74, 6) is 0.526. The molecule has 0 fully saturated rings. The molecule has 0 saturated carbocycles. The fraction of sp³-hybridized carbons (Fsp3) is 0.217. The van der Waals surface area contributed by atoms with Crippen molar-refractivity contribution in [3.8, 4) is 11.3 Å². The Morgan fingerprint density at radius 1 is 1.21 bits per heavy atom. The lowest BCUT2D eigenvalue weighted by Crippen LogP contribution is -2.27. The van der Waals surface area contributed by atoms with E-state index in [0.717, 1.165) is 11.5 Å². The van der Waals surface area contributed by atoms with Gasteiger partial charge >= 0.3 is 0 Å². The largest absolute Gasteiger partial charge is 0.394 e. The van der Waals surface area contributed by atoms with Crippen molar-refractivity contribution in [2.45, 2.75) is 26.4 Å². The molecule has 0 aliphatic rings. The molecule has 1 atom stereocenters. The zero-order chi connectivity index (χ0) is 23.5. The molecule has 8 nitrogen and oxygen atoms in total. The molecule has 4 aromatic rings. The number of hydrogen-bond donors (Lipinski definition) is 2. The van der Waals surface area contributed by atoms with Crippen molar-refractivity contribution >= 4 is 23.4 Å². The van der Waals surface area contributed by atoms with Crippen molar-refractivity contribution in [1.29, 1.82) is 0 Å². The second-order valence-corrected chi connectivity index (χ2v) is 7.82. The zero-order valence-electron chi connectivity index (χ0n) is 18.0. The number of halogens is 2. The Balaban J connectivity index is 1.63. The van der Waals surface area contributed by atoms with Crippen molar-refractivity contribution in [3.63, 3.8) is 0 Å². The van der Waals surface area contributed by atoms with E-state index in [9.17, 15) is 14.3 Å². The predicted molar refractivity (Wildman–Crippen MR) is 124 cm³/mol. The molecule has 0 amide bonds. The molecule has 2 N–H and O–H groups in total. The molecule has 33 heavy (non-hydrogen) atoms. The maximum Gasteiger partial charge on any atom is 0.251 e. The van der Waals surface area contributed by atoms with Gasteiger partial charge in [0.1, 0.15) is 11.6 Å². The number of nitrogens with zero attached hydrogens (tertiary/aromatic N) is 5. The standard InChI is InChI=1S/C23H22ClFN6O2/c1-3-31-21(10-14(2)29-31)28-23-26-8-6-19(27-23)15-7-9-30(22(33)12-15)20(13-32)16-4-5-17(24)18(25)11-16/h4-12,20,32H,3,13H2,1-2H3,(H,26,27,28)/t20-/m1/s1. The first-order valence-electron chi connectivity index (χ1n) is 10.3. The van der Waals surface area contributed by atoms with Gasteiger partial charge in [0, 0.05) is 36.6 Å². The van der Waals surface area contributed by atoms with Gasteiger partial charge in [0.25, 0.3) is 5.56 Å². The number of nitrogens with one attached hydrogen (secondary N) is 1. The maximum atomic E-state index is 13.9. The van der Waals surface area contributed by atoms with Crippen LogP contribution in [0.3, 0.4) is 0 Å². The van der Waals surface area contributed by atoms with E-state index in [2.05, 4.69) is 20.4 Å². The smallest absolute Gasteiger partial charge is 0.251 e. The molecule has 0 spiro atoms. The summed E-state index contributed by atoms with van der Waals surface area (Å²) in [7, 11) is 0. The Hall–Kier alpha value is -3.56. The molecule has 1 aromatic carbocycles. The second kappa shape index (κ2) is 9.51. The highest BCUT2D eigenvalue weighted by molar-refractivity contribution is 6.30. The van der Waals surface area contributed by atoms with Gasteiger partial charge in [-0.3, -0.25) is 4.79 Å². The number of pyridine rings is 1. The molecule has 0 radical (unpaired) electrons. The summed E-state index contributed by atoms with van der Waals surface area (Å²) in [6, 6.07) is 10.2. The van der Waals surface area contributed by atoms with Crippen LogP contribution in [0.2, 0.25) is 5.02 Å². The molecule has 3 heterocycles. The minimum Gasteiger partial charge on any atom is -0.394 e. The van der Waals surface area contributed by atoms with Gasteiger partial charge in [0.15, 0.2) is 0 Å². The number of anilines is 2. The Kier molecular flexibility index (Phi) is 6.52. The van der Waals surface area contributed by atoms with Gasteiger partial charge in [0.2, 0.25) is 5.95 Å². The van der Waals surface area contributed by atoms with E-state index in [1.54, 1.807) is 35.3 Å². The third-order valence-electron chi connectivity index (χ3n) is 5.18. The molecule has 3 aromatic heterocycles. The van der Waals surface area contributed by atoms with Gasteiger partial charge in [-0.15, -0.1) is 0 Å². The van der Waals surface area contributed by atoms with E-state index in [0.29, 0.717) is 29.3 Å². The highest BCUT2D eigenvalue weighted by Gasteiger charge is 2.17. The molecule has 0 bridgehead atoms. The van der Waals surface area contributed by atoms with Crippen LogP contribution in [0.25, 0.3) is 11.3 Å². The molecular weight excluding hydrogens is 447 g/mol. The molecule has 0 saturated heterocycles. The van der Waals surface area contributed by atoms with Crippen LogP contribution in [0.1, 0.15) is 24.2 Å². The lowest BCUT2D eigenvalue weighted by molar-refractivity contribution is 0.247. The molecule has 0 aliphatic carbocycles. The summed E-state index contributed by atoms with van der Waals surface area (Å²) in [5.41, 5.74) is 2.08. The highest BCUT2D eigenvalue weighted by atomic mass is 35.5. The number of rotatable bonds is 7. The minimum atomic E-state index is -0.751. The number of benzene rings is 1. The van der Waals surface area contributed by atoms with Gasteiger partial charge in [-0.1, -0.05) is 17.7 Å². The normalized spacial score (nSPS) is 12.0. The van der Waals surface area contributed by atoms with Gasteiger partial charge in [-0.2, -0.15) is 5.10 Å². The van der Waals surface area contributed by atoms with E-state index in [1.165, 1.54) is 22.8 Å². The van der Waals surface area contributed by atoms with Crippen LogP contribution < -0.4 is 10.9 Å². The number of aryl methyl sites for hydroxylation is 2.